The number of oxazole rings is 1. The summed E-state index contributed by atoms with van der Waals surface area (Å²) in [5.74, 6) is -1.32. The molecule has 0 fully saturated rings. The van der Waals surface area contributed by atoms with Crippen molar-refractivity contribution in [3.63, 3.8) is 0 Å². The molecular formula is C33H26FN3O8S. The number of aromatic nitrogens is 1. The van der Waals surface area contributed by atoms with Crippen LogP contribution in [0.5, 0.6) is 5.75 Å². The van der Waals surface area contributed by atoms with Gasteiger partial charge in [0.25, 0.3) is 5.91 Å². The third kappa shape index (κ3) is 5.30. The molecule has 0 bridgehead atoms. The fourth-order valence-corrected chi connectivity index (χ4v) is 5.68. The van der Waals surface area contributed by atoms with Crippen molar-refractivity contribution in [2.45, 2.75) is 0 Å². The van der Waals surface area contributed by atoms with Crippen molar-refractivity contribution in [2.24, 2.45) is 0 Å². The Bertz CT molecular complexity index is 2290. The molecule has 46 heavy (non-hydrogen) atoms. The molecule has 0 aliphatic carbocycles. The first-order chi connectivity index (χ1) is 21.9. The second-order valence-corrected chi connectivity index (χ2v) is 12.4. The minimum absolute atomic E-state index is 0.0434. The largest absolute Gasteiger partial charge is 0.496 e. The Morgan fingerprint density at radius 1 is 0.935 bits per heavy atom. The molecule has 6 rings (SSSR count). The maximum Gasteiger partial charge on any atom is 0.335 e. The molecule has 2 N–H and O–H groups in total. The molecule has 0 atom stereocenters. The molecular weight excluding hydrogens is 617 g/mol. The summed E-state index contributed by atoms with van der Waals surface area (Å²) in [5.41, 5.74) is 3.18. The number of nitrogens with zero attached hydrogens (tertiary/aromatic N) is 2. The lowest BCUT2D eigenvalue weighted by molar-refractivity contribution is 0.0696. The van der Waals surface area contributed by atoms with Crippen LogP contribution in [0.4, 0.5) is 10.1 Å². The summed E-state index contributed by atoms with van der Waals surface area (Å²) in [5, 5.41) is 12.4. The number of carbonyl (C=O) groups excluding carboxylic acids is 1. The van der Waals surface area contributed by atoms with Crippen LogP contribution in [0.25, 0.3) is 56.0 Å². The number of sulfonamides is 1. The van der Waals surface area contributed by atoms with Gasteiger partial charge in [0.15, 0.2) is 5.58 Å². The summed E-state index contributed by atoms with van der Waals surface area (Å²) in [6.45, 7) is 0. The number of halogens is 1. The van der Waals surface area contributed by atoms with E-state index in [1.54, 1.807) is 24.3 Å². The van der Waals surface area contributed by atoms with Gasteiger partial charge in [0.2, 0.25) is 15.9 Å². The number of furan rings is 1. The normalized spacial score (nSPS) is 11.6. The zero-order chi connectivity index (χ0) is 32.9. The average Bonchev–Trinajstić information content (AvgIpc) is 3.64. The monoisotopic (exact) mass is 643 g/mol. The van der Waals surface area contributed by atoms with Gasteiger partial charge in [0, 0.05) is 36.7 Å². The highest BCUT2D eigenvalue weighted by atomic mass is 32.2. The van der Waals surface area contributed by atoms with E-state index in [1.165, 1.54) is 69.7 Å². The number of methoxy groups -OCH3 is 1. The molecule has 0 spiro atoms. The number of anilines is 1. The number of amides is 1. The van der Waals surface area contributed by atoms with E-state index in [9.17, 15) is 27.5 Å². The van der Waals surface area contributed by atoms with Crippen LogP contribution in [0.3, 0.4) is 0 Å². The number of carboxylic acids is 1. The Morgan fingerprint density at radius 3 is 2.30 bits per heavy atom. The van der Waals surface area contributed by atoms with Crippen molar-refractivity contribution in [3.05, 3.63) is 89.7 Å². The third-order valence-corrected chi connectivity index (χ3v) is 8.77. The molecule has 13 heteroatoms. The molecule has 0 aliphatic rings. The van der Waals surface area contributed by atoms with Crippen LogP contribution in [0, 0.1) is 5.82 Å². The predicted molar refractivity (Wildman–Crippen MR) is 170 cm³/mol. The molecule has 2 heterocycles. The first-order valence-electron chi connectivity index (χ1n) is 13.7. The number of rotatable bonds is 8. The topological polar surface area (TPSA) is 152 Å². The number of ether oxygens (including phenoxy) is 1. The second kappa shape index (κ2) is 11.3. The summed E-state index contributed by atoms with van der Waals surface area (Å²) in [6, 6.07) is 18.0. The Morgan fingerprint density at radius 2 is 1.65 bits per heavy atom. The van der Waals surface area contributed by atoms with Gasteiger partial charge in [-0.05, 0) is 66.2 Å². The van der Waals surface area contributed by atoms with Gasteiger partial charge < -0.3 is 24.0 Å². The number of carbonyl (C=O) groups is 2. The maximum atomic E-state index is 13.7. The number of hydrogen-bond acceptors (Lipinski definition) is 8. The zero-order valence-corrected chi connectivity index (χ0v) is 25.7. The number of aromatic carboxylic acids is 1. The molecule has 6 aromatic rings. The number of nitrogens with one attached hydrogen (secondary N) is 1. The van der Waals surface area contributed by atoms with Gasteiger partial charge in [0.05, 0.1) is 35.7 Å². The first-order valence-corrected chi connectivity index (χ1v) is 15.6. The Kier molecular flexibility index (Phi) is 7.48. The van der Waals surface area contributed by atoms with Gasteiger partial charge in [-0.2, -0.15) is 0 Å². The van der Waals surface area contributed by atoms with Gasteiger partial charge in [-0.1, -0.05) is 6.07 Å². The van der Waals surface area contributed by atoms with Crippen LogP contribution < -0.4 is 14.4 Å². The lowest BCUT2D eigenvalue weighted by Crippen LogP contribution is -2.25. The van der Waals surface area contributed by atoms with Crippen molar-refractivity contribution in [2.75, 3.05) is 31.8 Å². The van der Waals surface area contributed by atoms with Gasteiger partial charge in [-0.15, -0.1) is 0 Å². The van der Waals surface area contributed by atoms with E-state index in [2.05, 4.69) is 10.3 Å². The van der Waals surface area contributed by atoms with Gasteiger partial charge in [-0.3, -0.25) is 9.10 Å². The molecule has 11 nitrogen and oxygen atoms in total. The summed E-state index contributed by atoms with van der Waals surface area (Å²) in [4.78, 5) is 29.2. The Labute approximate surface area is 261 Å². The van der Waals surface area contributed by atoms with Crippen molar-refractivity contribution in [3.8, 4) is 39.7 Å². The minimum atomic E-state index is -3.77. The zero-order valence-electron chi connectivity index (χ0n) is 24.9. The molecule has 0 unspecified atom stereocenters. The Balaban J connectivity index is 1.61. The third-order valence-electron chi connectivity index (χ3n) is 7.58. The van der Waals surface area contributed by atoms with E-state index >= 15 is 0 Å². The van der Waals surface area contributed by atoms with Gasteiger partial charge >= 0.3 is 5.97 Å². The lowest BCUT2D eigenvalue weighted by Gasteiger charge is -2.21. The molecule has 234 valence electrons. The SMILES string of the molecule is CNC(=O)c1c(-c2ccc(F)cc2)oc2cc(N(C)S(C)(=O)=O)c(-c3ccc(OC)c(-c4nc5cc(C(=O)O)ccc5o4)c3)cc12. The van der Waals surface area contributed by atoms with Crippen LogP contribution in [0.15, 0.2) is 81.6 Å². The van der Waals surface area contributed by atoms with Crippen LogP contribution >= 0.6 is 0 Å². The number of carboxylic acid groups (broad SMARTS) is 1. The van der Waals surface area contributed by atoms with E-state index < -0.39 is 27.7 Å². The smallest absolute Gasteiger partial charge is 0.335 e. The fraction of sp³-hybridized carbons (Fsp3) is 0.121. The van der Waals surface area contributed by atoms with Crippen molar-refractivity contribution < 1.29 is 41.1 Å². The van der Waals surface area contributed by atoms with Crippen LogP contribution in [-0.2, 0) is 10.0 Å². The van der Waals surface area contributed by atoms with Gasteiger partial charge in [0.1, 0.15) is 28.4 Å². The Hall–Kier alpha value is -5.69. The molecule has 0 aliphatic heterocycles. The summed E-state index contributed by atoms with van der Waals surface area (Å²) < 4.78 is 58.1. The average molecular weight is 644 g/mol. The predicted octanol–water partition coefficient (Wildman–Crippen LogP) is 6.18. The van der Waals surface area contributed by atoms with E-state index in [-0.39, 0.29) is 34.0 Å². The fourth-order valence-electron chi connectivity index (χ4n) is 5.18. The summed E-state index contributed by atoms with van der Waals surface area (Å²) >= 11 is 0. The van der Waals surface area contributed by atoms with E-state index in [4.69, 9.17) is 13.6 Å². The minimum Gasteiger partial charge on any atom is -0.496 e. The quantitative estimate of drug-likeness (QED) is 0.198. The number of hydrogen-bond donors (Lipinski definition) is 2. The molecule has 0 saturated heterocycles. The second-order valence-electron chi connectivity index (χ2n) is 10.4. The summed E-state index contributed by atoms with van der Waals surface area (Å²) in [6.07, 6.45) is 1.06. The number of benzene rings is 4. The molecule has 0 saturated carbocycles. The summed E-state index contributed by atoms with van der Waals surface area (Å²) in [7, 11) is 0.564. The number of fused-ring (bicyclic) bond motifs is 2. The standard InChI is InChI=1S/C33H26FN3O8S/c1-35-31(38)29-22-15-21(25(37(2)46(4,41)42)16-28(22)44-30(29)17-5-9-20(34)10-6-17)18-7-11-26(43-3)23(13-18)32-36-24-14-19(33(39)40)8-12-27(24)45-32/h5-16H,1-4H3,(H,35,38)(H,39,40). The van der Waals surface area contributed by atoms with E-state index in [1.807, 2.05) is 0 Å². The van der Waals surface area contributed by atoms with Gasteiger partial charge in [-0.25, -0.2) is 22.6 Å². The highest BCUT2D eigenvalue weighted by Crippen LogP contribution is 2.43. The van der Waals surface area contributed by atoms with Crippen LogP contribution in [0.2, 0.25) is 0 Å². The molecule has 1 amide bonds. The van der Waals surface area contributed by atoms with Crippen molar-refractivity contribution in [1.29, 1.82) is 0 Å². The maximum absolute atomic E-state index is 13.7. The van der Waals surface area contributed by atoms with E-state index in [0.29, 0.717) is 44.5 Å². The molecule has 0 radical (unpaired) electrons. The molecule has 4 aromatic carbocycles. The lowest BCUT2D eigenvalue weighted by atomic mass is 9.97. The van der Waals surface area contributed by atoms with Crippen LogP contribution in [-0.4, -0.2) is 57.8 Å². The van der Waals surface area contributed by atoms with Crippen molar-refractivity contribution >= 4 is 49.7 Å². The highest BCUT2D eigenvalue weighted by molar-refractivity contribution is 7.92. The van der Waals surface area contributed by atoms with E-state index in [0.717, 1.165) is 10.6 Å². The molecule has 2 aromatic heterocycles. The first kappa shape index (κ1) is 30.3. The van der Waals surface area contributed by atoms with Crippen molar-refractivity contribution in [1.82, 2.24) is 10.3 Å². The highest BCUT2D eigenvalue weighted by Gasteiger charge is 2.27. The van der Waals surface area contributed by atoms with Crippen LogP contribution in [0.1, 0.15) is 20.7 Å².